The molecule has 112 valence electrons. The Bertz CT molecular complexity index is 656. The first kappa shape index (κ1) is 14.7. The summed E-state index contributed by atoms with van der Waals surface area (Å²) in [6.07, 6.45) is 0. The molecule has 0 bridgehead atoms. The van der Waals surface area contributed by atoms with Crippen molar-refractivity contribution in [3.05, 3.63) is 24.3 Å². The molecule has 0 unspecified atom stereocenters. The first-order valence-electron chi connectivity index (χ1n) is 7.14. The number of nitrogens with zero attached hydrogens (tertiary/aromatic N) is 3. The molecule has 0 spiro atoms. The molecule has 6 heteroatoms. The highest BCUT2D eigenvalue weighted by Gasteiger charge is 2.32. The van der Waals surface area contributed by atoms with Gasteiger partial charge in [-0.05, 0) is 37.5 Å². The SMILES string of the molecule is CC(C)(C(N)=S)N1CCN(c2snc3ccccc23)CC1. The maximum absolute atomic E-state index is 5.87. The molecule has 1 fully saturated rings. The van der Waals surface area contributed by atoms with Crippen LogP contribution in [0.1, 0.15) is 13.8 Å². The second-order valence-corrected chi connectivity index (χ2v) is 7.09. The molecule has 0 atom stereocenters. The van der Waals surface area contributed by atoms with Crippen LogP contribution in [0.4, 0.5) is 5.00 Å². The number of hydrogen-bond donors (Lipinski definition) is 1. The van der Waals surface area contributed by atoms with E-state index in [4.69, 9.17) is 18.0 Å². The molecule has 1 saturated heterocycles. The zero-order valence-corrected chi connectivity index (χ0v) is 14.0. The van der Waals surface area contributed by atoms with Gasteiger partial charge in [-0.3, -0.25) is 4.90 Å². The van der Waals surface area contributed by atoms with E-state index in [9.17, 15) is 0 Å². The number of benzene rings is 1. The molecule has 3 rings (SSSR count). The topological polar surface area (TPSA) is 45.4 Å². The second-order valence-electron chi connectivity index (χ2n) is 5.90. The molecular weight excluding hydrogens is 300 g/mol. The van der Waals surface area contributed by atoms with Crippen LogP contribution in [-0.4, -0.2) is 46.0 Å². The third-order valence-corrected chi connectivity index (χ3v) is 5.76. The standard InChI is InChI=1S/C15H20N4S2/c1-15(2,14(16)20)19-9-7-18(8-10-19)13-11-5-3-4-6-12(11)17-21-13/h3-6H,7-10H2,1-2H3,(H2,16,20). The number of aromatic nitrogens is 1. The largest absolute Gasteiger partial charge is 0.392 e. The van der Waals surface area contributed by atoms with E-state index < -0.39 is 0 Å². The van der Waals surface area contributed by atoms with E-state index >= 15 is 0 Å². The molecule has 2 heterocycles. The zero-order chi connectivity index (χ0) is 15.0. The van der Waals surface area contributed by atoms with Gasteiger partial charge in [-0.2, -0.15) is 4.37 Å². The fourth-order valence-electron chi connectivity index (χ4n) is 2.73. The number of thiocarbonyl (C=S) groups is 1. The van der Waals surface area contributed by atoms with E-state index in [-0.39, 0.29) is 5.54 Å². The van der Waals surface area contributed by atoms with Crippen LogP contribution >= 0.6 is 23.8 Å². The van der Waals surface area contributed by atoms with Gasteiger partial charge in [0.05, 0.1) is 16.0 Å². The summed E-state index contributed by atoms with van der Waals surface area (Å²) >= 11 is 6.79. The lowest BCUT2D eigenvalue weighted by Gasteiger charge is -2.43. The summed E-state index contributed by atoms with van der Waals surface area (Å²) < 4.78 is 4.54. The number of anilines is 1. The van der Waals surface area contributed by atoms with Crippen molar-refractivity contribution in [2.75, 3.05) is 31.1 Å². The van der Waals surface area contributed by atoms with Crippen LogP contribution in [0.15, 0.2) is 24.3 Å². The van der Waals surface area contributed by atoms with E-state index in [1.54, 1.807) is 11.5 Å². The average Bonchev–Trinajstić information content (AvgIpc) is 2.91. The first-order chi connectivity index (χ1) is 10.00. The van der Waals surface area contributed by atoms with Gasteiger partial charge in [0.25, 0.3) is 0 Å². The van der Waals surface area contributed by atoms with Crippen LogP contribution in [0.2, 0.25) is 0 Å². The molecule has 4 nitrogen and oxygen atoms in total. The van der Waals surface area contributed by atoms with E-state index in [2.05, 4.69) is 46.2 Å². The normalized spacial score (nSPS) is 17.3. The third-order valence-electron chi connectivity index (χ3n) is 4.33. The van der Waals surface area contributed by atoms with Crippen LogP contribution in [0.5, 0.6) is 0 Å². The summed E-state index contributed by atoms with van der Waals surface area (Å²) in [7, 11) is 0. The van der Waals surface area contributed by atoms with Crippen LogP contribution in [0, 0.1) is 0 Å². The minimum absolute atomic E-state index is 0.211. The predicted molar refractivity (Wildman–Crippen MR) is 94.3 cm³/mol. The summed E-state index contributed by atoms with van der Waals surface area (Å²) in [5, 5.41) is 2.53. The summed E-state index contributed by atoms with van der Waals surface area (Å²) in [5.74, 6) is 0. The highest BCUT2D eigenvalue weighted by molar-refractivity contribution is 7.80. The predicted octanol–water partition coefficient (Wildman–Crippen LogP) is 2.48. The Kier molecular flexibility index (Phi) is 3.86. The van der Waals surface area contributed by atoms with E-state index in [0.717, 1.165) is 31.7 Å². The number of nitrogens with two attached hydrogens (primary N) is 1. The van der Waals surface area contributed by atoms with Gasteiger partial charge in [-0.1, -0.05) is 24.4 Å². The Hall–Kier alpha value is -1.24. The van der Waals surface area contributed by atoms with Crippen LogP contribution in [0.3, 0.4) is 0 Å². The number of hydrogen-bond acceptors (Lipinski definition) is 5. The molecule has 0 amide bonds. The number of rotatable bonds is 3. The molecule has 0 aliphatic carbocycles. The van der Waals surface area contributed by atoms with Crippen molar-refractivity contribution < 1.29 is 0 Å². The molecule has 2 aromatic rings. The molecule has 0 radical (unpaired) electrons. The summed E-state index contributed by atoms with van der Waals surface area (Å²) in [6.45, 7) is 8.11. The second kappa shape index (κ2) is 5.51. The molecular formula is C15H20N4S2. The fourth-order valence-corrected chi connectivity index (χ4v) is 3.77. The average molecular weight is 320 g/mol. The van der Waals surface area contributed by atoms with Gasteiger partial charge in [0.1, 0.15) is 5.00 Å². The van der Waals surface area contributed by atoms with Gasteiger partial charge >= 0.3 is 0 Å². The van der Waals surface area contributed by atoms with Gasteiger partial charge in [0, 0.05) is 31.6 Å². The van der Waals surface area contributed by atoms with Crippen molar-refractivity contribution >= 4 is 44.6 Å². The minimum atomic E-state index is -0.211. The van der Waals surface area contributed by atoms with Crippen molar-refractivity contribution in [2.24, 2.45) is 5.73 Å². The van der Waals surface area contributed by atoms with Crippen molar-refractivity contribution in [3.8, 4) is 0 Å². The van der Waals surface area contributed by atoms with Crippen molar-refractivity contribution in [1.29, 1.82) is 0 Å². The number of piperazine rings is 1. The van der Waals surface area contributed by atoms with Gasteiger partial charge in [0.2, 0.25) is 0 Å². The van der Waals surface area contributed by atoms with Crippen LogP contribution in [-0.2, 0) is 0 Å². The maximum atomic E-state index is 5.87. The van der Waals surface area contributed by atoms with Crippen LogP contribution < -0.4 is 10.6 Å². The lowest BCUT2D eigenvalue weighted by molar-refractivity contribution is 0.168. The summed E-state index contributed by atoms with van der Waals surface area (Å²) in [4.78, 5) is 5.36. The molecule has 1 aliphatic heterocycles. The molecule has 0 saturated carbocycles. The Morgan fingerprint density at radius 1 is 1.24 bits per heavy atom. The fraction of sp³-hybridized carbons (Fsp3) is 0.467. The highest BCUT2D eigenvalue weighted by atomic mass is 32.1. The Morgan fingerprint density at radius 2 is 1.90 bits per heavy atom. The molecule has 1 aliphatic rings. The Labute approximate surface area is 134 Å². The van der Waals surface area contributed by atoms with Crippen molar-refractivity contribution in [2.45, 2.75) is 19.4 Å². The van der Waals surface area contributed by atoms with Gasteiger partial charge in [-0.25, -0.2) is 0 Å². The minimum Gasteiger partial charge on any atom is -0.392 e. The molecule has 1 aromatic carbocycles. The van der Waals surface area contributed by atoms with Crippen LogP contribution in [0.25, 0.3) is 10.9 Å². The third kappa shape index (κ3) is 2.63. The lowest BCUT2D eigenvalue weighted by Crippen LogP contribution is -2.59. The summed E-state index contributed by atoms with van der Waals surface area (Å²) in [6, 6.07) is 8.34. The summed E-state index contributed by atoms with van der Waals surface area (Å²) in [5.41, 5.74) is 6.75. The van der Waals surface area contributed by atoms with Gasteiger partial charge in [0.15, 0.2) is 0 Å². The molecule has 1 aromatic heterocycles. The molecule has 2 N–H and O–H groups in total. The van der Waals surface area contributed by atoms with Gasteiger partial charge in [-0.15, -0.1) is 0 Å². The monoisotopic (exact) mass is 320 g/mol. The van der Waals surface area contributed by atoms with E-state index in [1.165, 1.54) is 10.4 Å². The quantitative estimate of drug-likeness (QED) is 0.880. The molecule has 21 heavy (non-hydrogen) atoms. The number of fused-ring (bicyclic) bond motifs is 1. The smallest absolute Gasteiger partial charge is 0.120 e. The highest BCUT2D eigenvalue weighted by Crippen LogP contribution is 2.32. The lowest BCUT2D eigenvalue weighted by atomic mass is 10.0. The van der Waals surface area contributed by atoms with Gasteiger partial charge < -0.3 is 10.6 Å². The van der Waals surface area contributed by atoms with Crippen molar-refractivity contribution in [1.82, 2.24) is 9.27 Å². The maximum Gasteiger partial charge on any atom is 0.120 e. The Balaban J connectivity index is 1.76. The zero-order valence-electron chi connectivity index (χ0n) is 12.4. The first-order valence-corrected chi connectivity index (χ1v) is 8.32. The van der Waals surface area contributed by atoms with E-state index in [1.807, 2.05) is 6.07 Å². The van der Waals surface area contributed by atoms with Crippen molar-refractivity contribution in [3.63, 3.8) is 0 Å². The van der Waals surface area contributed by atoms with E-state index in [0.29, 0.717) is 4.99 Å². The Morgan fingerprint density at radius 3 is 2.57 bits per heavy atom.